The molecule has 0 aromatic heterocycles. The highest BCUT2D eigenvalue weighted by atomic mass is 32.2. The van der Waals surface area contributed by atoms with Crippen LogP contribution in [0.5, 0.6) is 0 Å². The van der Waals surface area contributed by atoms with Crippen molar-refractivity contribution in [2.45, 2.75) is 23.6 Å². The van der Waals surface area contributed by atoms with E-state index in [1.54, 1.807) is 0 Å². The molecule has 19 heavy (non-hydrogen) atoms. The Kier molecular flexibility index (Phi) is 3.54. The van der Waals surface area contributed by atoms with Crippen LogP contribution in [-0.4, -0.2) is 41.6 Å². The van der Waals surface area contributed by atoms with Crippen LogP contribution in [0.2, 0.25) is 0 Å². The molecular formula is C10H13N3O5S. The van der Waals surface area contributed by atoms with Gasteiger partial charge in [-0.1, -0.05) is 12.1 Å². The molecule has 1 aliphatic heterocycles. The van der Waals surface area contributed by atoms with Crippen LogP contribution >= 0.6 is 0 Å². The molecule has 9 heteroatoms. The van der Waals surface area contributed by atoms with Crippen molar-refractivity contribution >= 4 is 15.7 Å². The SMILES string of the molecule is NC1CC(O)CN1S(=O)(=O)c1ccccc1[N+](=O)[O-]. The molecule has 1 saturated heterocycles. The summed E-state index contributed by atoms with van der Waals surface area (Å²) in [6.45, 7) is -0.157. The number of para-hydroxylation sites is 1. The van der Waals surface area contributed by atoms with Crippen molar-refractivity contribution in [2.24, 2.45) is 5.73 Å². The standard InChI is InChI=1S/C10H13N3O5S/c11-10-5-7(14)6-12(10)19(17,18)9-4-2-1-3-8(9)13(15)16/h1-4,7,10,14H,5-6,11H2. The zero-order valence-corrected chi connectivity index (χ0v) is 10.7. The first-order chi connectivity index (χ1) is 8.84. The fourth-order valence-corrected chi connectivity index (χ4v) is 3.76. The van der Waals surface area contributed by atoms with E-state index in [0.717, 1.165) is 16.4 Å². The van der Waals surface area contributed by atoms with Crippen LogP contribution < -0.4 is 5.73 Å². The maximum atomic E-state index is 12.3. The minimum Gasteiger partial charge on any atom is -0.392 e. The lowest BCUT2D eigenvalue weighted by atomic mass is 10.3. The molecule has 2 atom stereocenters. The normalized spacial score (nSPS) is 24.5. The lowest BCUT2D eigenvalue weighted by Crippen LogP contribution is -2.41. The van der Waals surface area contributed by atoms with Gasteiger partial charge in [0.1, 0.15) is 0 Å². The van der Waals surface area contributed by atoms with Gasteiger partial charge in [-0.15, -0.1) is 0 Å². The molecule has 3 N–H and O–H groups in total. The Morgan fingerprint density at radius 1 is 1.42 bits per heavy atom. The molecule has 104 valence electrons. The number of nitro benzene ring substituents is 1. The van der Waals surface area contributed by atoms with Crippen LogP contribution in [0.4, 0.5) is 5.69 Å². The number of rotatable bonds is 3. The van der Waals surface area contributed by atoms with Crippen molar-refractivity contribution in [3.63, 3.8) is 0 Å². The van der Waals surface area contributed by atoms with Crippen LogP contribution in [-0.2, 0) is 10.0 Å². The maximum Gasteiger partial charge on any atom is 0.289 e. The van der Waals surface area contributed by atoms with Gasteiger partial charge in [0, 0.05) is 19.0 Å². The van der Waals surface area contributed by atoms with E-state index >= 15 is 0 Å². The molecule has 1 aromatic rings. The Morgan fingerprint density at radius 2 is 2.05 bits per heavy atom. The summed E-state index contributed by atoms with van der Waals surface area (Å²) >= 11 is 0. The van der Waals surface area contributed by atoms with E-state index in [2.05, 4.69) is 0 Å². The van der Waals surface area contributed by atoms with Crippen LogP contribution in [0.25, 0.3) is 0 Å². The molecule has 1 aliphatic rings. The van der Waals surface area contributed by atoms with Gasteiger partial charge >= 0.3 is 0 Å². The molecule has 0 spiro atoms. The van der Waals surface area contributed by atoms with E-state index < -0.39 is 37.8 Å². The van der Waals surface area contributed by atoms with E-state index in [0.29, 0.717) is 0 Å². The third kappa shape index (κ3) is 2.45. The third-order valence-corrected chi connectivity index (χ3v) is 4.86. The number of hydrogen-bond acceptors (Lipinski definition) is 6. The van der Waals surface area contributed by atoms with Crippen molar-refractivity contribution in [3.05, 3.63) is 34.4 Å². The monoisotopic (exact) mass is 287 g/mol. The summed E-state index contributed by atoms with van der Waals surface area (Å²) in [5, 5.41) is 20.3. The average molecular weight is 287 g/mol. The fourth-order valence-electron chi connectivity index (χ4n) is 2.04. The largest absolute Gasteiger partial charge is 0.392 e. The first-order valence-electron chi connectivity index (χ1n) is 5.53. The molecule has 0 bridgehead atoms. The highest BCUT2D eigenvalue weighted by Gasteiger charge is 2.40. The number of β-amino-alcohol motifs (C(OH)–C–C–N with tert-alkyl or cyclic N) is 1. The molecule has 2 rings (SSSR count). The van der Waals surface area contributed by atoms with E-state index in [1.165, 1.54) is 12.1 Å². The summed E-state index contributed by atoms with van der Waals surface area (Å²) in [6.07, 6.45) is -1.62. The number of nitrogens with two attached hydrogens (primary N) is 1. The van der Waals surface area contributed by atoms with E-state index in [-0.39, 0.29) is 13.0 Å². The molecule has 0 saturated carbocycles. The molecule has 8 nitrogen and oxygen atoms in total. The van der Waals surface area contributed by atoms with Crippen LogP contribution in [0.15, 0.2) is 29.2 Å². The Balaban J connectivity index is 2.49. The van der Waals surface area contributed by atoms with Gasteiger partial charge in [0.15, 0.2) is 4.90 Å². The summed E-state index contributed by atoms with van der Waals surface area (Å²) in [6, 6.07) is 5.06. The molecule has 1 heterocycles. The molecule has 2 unspecified atom stereocenters. The number of benzene rings is 1. The van der Waals surface area contributed by atoms with Crippen LogP contribution in [0, 0.1) is 10.1 Å². The lowest BCUT2D eigenvalue weighted by Gasteiger charge is -2.20. The molecule has 0 amide bonds. The van der Waals surface area contributed by atoms with Crippen LogP contribution in [0.3, 0.4) is 0 Å². The highest BCUT2D eigenvalue weighted by Crippen LogP contribution is 2.29. The number of aliphatic hydroxyl groups excluding tert-OH is 1. The zero-order chi connectivity index (χ0) is 14.2. The summed E-state index contributed by atoms with van der Waals surface area (Å²) in [5.74, 6) is 0. The molecule has 1 fully saturated rings. The summed E-state index contributed by atoms with van der Waals surface area (Å²) < 4.78 is 25.6. The minimum atomic E-state index is -4.09. The molecule has 0 aliphatic carbocycles. The van der Waals surface area contributed by atoms with Gasteiger partial charge in [0.25, 0.3) is 15.7 Å². The van der Waals surface area contributed by atoms with Gasteiger partial charge in [-0.2, -0.15) is 4.31 Å². The fraction of sp³-hybridized carbons (Fsp3) is 0.400. The smallest absolute Gasteiger partial charge is 0.289 e. The maximum absolute atomic E-state index is 12.3. The van der Waals surface area contributed by atoms with Crippen molar-refractivity contribution in [3.8, 4) is 0 Å². The van der Waals surface area contributed by atoms with Crippen molar-refractivity contribution in [1.29, 1.82) is 0 Å². The molecule has 1 aromatic carbocycles. The average Bonchev–Trinajstić information content (AvgIpc) is 2.69. The second-order valence-electron chi connectivity index (χ2n) is 4.26. The summed E-state index contributed by atoms with van der Waals surface area (Å²) in [7, 11) is -4.09. The Labute approximate surface area is 109 Å². The number of hydrogen-bond donors (Lipinski definition) is 2. The summed E-state index contributed by atoms with van der Waals surface area (Å²) in [5.41, 5.74) is 5.13. The van der Waals surface area contributed by atoms with Crippen molar-refractivity contribution in [1.82, 2.24) is 4.31 Å². The van der Waals surface area contributed by atoms with Crippen LogP contribution in [0.1, 0.15) is 6.42 Å². The topological polar surface area (TPSA) is 127 Å². The Morgan fingerprint density at radius 3 is 2.58 bits per heavy atom. The van der Waals surface area contributed by atoms with Gasteiger partial charge in [-0.05, 0) is 6.07 Å². The van der Waals surface area contributed by atoms with Gasteiger partial charge < -0.3 is 10.8 Å². The zero-order valence-electron chi connectivity index (χ0n) is 9.84. The first-order valence-corrected chi connectivity index (χ1v) is 6.97. The van der Waals surface area contributed by atoms with Gasteiger partial charge in [-0.25, -0.2) is 8.42 Å². The highest BCUT2D eigenvalue weighted by molar-refractivity contribution is 7.89. The van der Waals surface area contributed by atoms with E-state index in [9.17, 15) is 23.6 Å². The Hall–Kier alpha value is -1.55. The van der Waals surface area contributed by atoms with Gasteiger partial charge in [0.05, 0.1) is 17.2 Å². The lowest BCUT2D eigenvalue weighted by molar-refractivity contribution is -0.387. The molecular weight excluding hydrogens is 274 g/mol. The predicted molar refractivity (Wildman–Crippen MR) is 65.6 cm³/mol. The predicted octanol–water partition coefficient (Wildman–Crippen LogP) is -0.365. The molecule has 0 radical (unpaired) electrons. The number of nitro groups is 1. The van der Waals surface area contributed by atoms with Gasteiger partial charge in [0.2, 0.25) is 0 Å². The Bertz CT molecular complexity index is 603. The van der Waals surface area contributed by atoms with E-state index in [4.69, 9.17) is 5.73 Å². The van der Waals surface area contributed by atoms with Crippen molar-refractivity contribution < 1.29 is 18.4 Å². The van der Waals surface area contributed by atoms with Gasteiger partial charge in [-0.3, -0.25) is 10.1 Å². The third-order valence-electron chi connectivity index (χ3n) is 2.92. The quantitative estimate of drug-likeness (QED) is 0.577. The minimum absolute atomic E-state index is 0.111. The van der Waals surface area contributed by atoms with Crippen molar-refractivity contribution in [2.75, 3.05) is 6.54 Å². The number of aliphatic hydroxyl groups is 1. The second-order valence-corrected chi connectivity index (χ2v) is 6.12. The number of sulfonamides is 1. The second kappa shape index (κ2) is 4.85. The number of nitrogens with zero attached hydrogens (tertiary/aromatic N) is 2. The summed E-state index contributed by atoms with van der Waals surface area (Å²) in [4.78, 5) is 9.70. The first kappa shape index (κ1) is 13.9. The van der Waals surface area contributed by atoms with E-state index in [1.807, 2.05) is 0 Å².